The third-order valence-corrected chi connectivity index (χ3v) is 4.30. The first-order chi connectivity index (χ1) is 11.6. The van der Waals surface area contributed by atoms with Crippen molar-refractivity contribution in [3.05, 3.63) is 48.3 Å². The molecule has 1 aliphatic heterocycles. The van der Waals surface area contributed by atoms with E-state index in [4.69, 9.17) is 4.74 Å². The summed E-state index contributed by atoms with van der Waals surface area (Å²) in [6.45, 7) is 6.81. The van der Waals surface area contributed by atoms with E-state index >= 15 is 0 Å². The summed E-state index contributed by atoms with van der Waals surface area (Å²) in [5.74, 6) is 0.806. The summed E-state index contributed by atoms with van der Waals surface area (Å²) >= 11 is 0. The van der Waals surface area contributed by atoms with Gasteiger partial charge in [-0.05, 0) is 30.7 Å². The molecule has 0 spiro atoms. The molecule has 1 aromatic carbocycles. The van der Waals surface area contributed by atoms with Crippen LogP contribution >= 0.6 is 24.0 Å². The quantitative estimate of drug-likeness (QED) is 0.414. The lowest BCUT2D eigenvalue weighted by Gasteiger charge is -2.38. The van der Waals surface area contributed by atoms with Crippen LogP contribution in [0, 0.1) is 5.41 Å². The van der Waals surface area contributed by atoms with E-state index in [9.17, 15) is 0 Å². The number of hydrogen-bond donors (Lipinski definition) is 2. The molecule has 136 valence electrons. The highest BCUT2D eigenvalue weighted by atomic mass is 127. The fraction of sp³-hybridized carbons (Fsp3) is 0.444. The molecule has 1 saturated heterocycles. The van der Waals surface area contributed by atoms with Crippen molar-refractivity contribution in [1.29, 1.82) is 0 Å². The minimum atomic E-state index is 0. The number of nitrogens with one attached hydrogen (secondary N) is 2. The molecule has 2 N–H and O–H groups in total. The lowest BCUT2D eigenvalue weighted by molar-refractivity contribution is -0.0971. The Hall–Kier alpha value is -1.61. The fourth-order valence-electron chi connectivity index (χ4n) is 2.69. The Bertz CT molecular complexity index is 697. The molecule has 3 rings (SSSR count). The van der Waals surface area contributed by atoms with Crippen LogP contribution < -0.4 is 10.6 Å². The van der Waals surface area contributed by atoms with Crippen LogP contribution in [0.3, 0.4) is 0 Å². The summed E-state index contributed by atoms with van der Waals surface area (Å²) in [4.78, 5) is 4.32. The second-order valence-electron chi connectivity index (χ2n) is 6.64. The Morgan fingerprint density at radius 2 is 2.20 bits per heavy atom. The predicted octanol–water partition coefficient (Wildman–Crippen LogP) is 2.75. The Labute approximate surface area is 166 Å². The van der Waals surface area contributed by atoms with E-state index in [0.717, 1.165) is 31.4 Å². The first-order valence-electron chi connectivity index (χ1n) is 8.25. The van der Waals surface area contributed by atoms with E-state index in [2.05, 4.69) is 46.7 Å². The highest BCUT2D eigenvalue weighted by molar-refractivity contribution is 14.0. The van der Waals surface area contributed by atoms with E-state index in [0.29, 0.717) is 0 Å². The van der Waals surface area contributed by atoms with Crippen molar-refractivity contribution in [2.24, 2.45) is 10.4 Å². The highest BCUT2D eigenvalue weighted by Gasteiger charge is 2.33. The molecule has 2 heterocycles. The lowest BCUT2D eigenvalue weighted by atomic mass is 9.89. The molecule has 0 amide bonds. The summed E-state index contributed by atoms with van der Waals surface area (Å²) in [5.41, 5.74) is 2.44. The van der Waals surface area contributed by atoms with E-state index in [1.165, 1.54) is 5.56 Å². The maximum atomic E-state index is 5.29. The molecule has 7 heteroatoms. The molecule has 0 bridgehead atoms. The summed E-state index contributed by atoms with van der Waals surface area (Å²) in [5, 5.41) is 11.1. The number of hydrogen-bond acceptors (Lipinski definition) is 3. The maximum absolute atomic E-state index is 5.29. The number of nitrogens with zero attached hydrogens (tertiary/aromatic N) is 3. The van der Waals surface area contributed by atoms with Crippen LogP contribution in [0.4, 0.5) is 0 Å². The van der Waals surface area contributed by atoms with Gasteiger partial charge in [0.25, 0.3) is 0 Å². The van der Waals surface area contributed by atoms with Crippen LogP contribution in [-0.4, -0.2) is 42.5 Å². The second kappa shape index (κ2) is 8.66. The van der Waals surface area contributed by atoms with Gasteiger partial charge in [-0.1, -0.05) is 19.1 Å². The lowest BCUT2D eigenvalue weighted by Crippen LogP contribution is -2.51. The van der Waals surface area contributed by atoms with Gasteiger partial charge in [0.15, 0.2) is 5.96 Å². The maximum Gasteiger partial charge on any atom is 0.191 e. The van der Waals surface area contributed by atoms with Gasteiger partial charge < -0.3 is 15.4 Å². The van der Waals surface area contributed by atoms with Gasteiger partial charge in [0.1, 0.15) is 0 Å². The summed E-state index contributed by atoms with van der Waals surface area (Å²) < 4.78 is 7.16. The second-order valence-corrected chi connectivity index (χ2v) is 6.64. The van der Waals surface area contributed by atoms with Crippen LogP contribution in [0.15, 0.2) is 47.7 Å². The number of rotatable bonds is 5. The summed E-state index contributed by atoms with van der Waals surface area (Å²) in [6, 6.07) is 10.4. The average molecular weight is 455 g/mol. The van der Waals surface area contributed by atoms with Crippen molar-refractivity contribution in [3.63, 3.8) is 0 Å². The molecule has 0 radical (unpaired) electrons. The SMILES string of the molecule is CN=C(NCC1(C)COC1)NC(C)c1cccc(-n2cccn2)c1.I. The minimum absolute atomic E-state index is 0. The molecule has 25 heavy (non-hydrogen) atoms. The minimum Gasteiger partial charge on any atom is -0.380 e. The molecule has 2 aromatic rings. The fourth-order valence-corrected chi connectivity index (χ4v) is 2.69. The standard InChI is InChI=1S/C18H25N5O.HI/c1-14(22-17(19-3)20-11-18(2)12-24-13-18)15-6-4-7-16(10-15)23-9-5-8-21-23;/h4-10,14H,11-13H2,1-3H3,(H2,19,20,22);1H. The zero-order valence-corrected chi connectivity index (χ0v) is 17.2. The molecule has 0 aliphatic carbocycles. The van der Waals surface area contributed by atoms with E-state index in [1.54, 1.807) is 13.2 Å². The molecule has 0 saturated carbocycles. The monoisotopic (exact) mass is 455 g/mol. The zero-order chi connectivity index (χ0) is 17.0. The molecular formula is C18H26IN5O. The normalized spacial score (nSPS) is 17.2. The molecule has 1 aliphatic rings. The molecular weight excluding hydrogens is 429 g/mol. The van der Waals surface area contributed by atoms with Crippen LogP contribution in [0.1, 0.15) is 25.5 Å². The number of aromatic nitrogens is 2. The number of benzene rings is 1. The van der Waals surface area contributed by atoms with Gasteiger partial charge >= 0.3 is 0 Å². The smallest absolute Gasteiger partial charge is 0.191 e. The average Bonchev–Trinajstić information content (AvgIpc) is 3.11. The van der Waals surface area contributed by atoms with Crippen LogP contribution in [0.5, 0.6) is 0 Å². The summed E-state index contributed by atoms with van der Waals surface area (Å²) in [7, 11) is 1.79. The van der Waals surface area contributed by atoms with Gasteiger partial charge in [0.2, 0.25) is 0 Å². The molecule has 6 nitrogen and oxygen atoms in total. The van der Waals surface area contributed by atoms with Crippen LogP contribution in [0.25, 0.3) is 5.69 Å². The molecule has 1 unspecified atom stereocenters. The topological polar surface area (TPSA) is 63.5 Å². The van der Waals surface area contributed by atoms with Crippen LogP contribution in [0.2, 0.25) is 0 Å². The van der Waals surface area contributed by atoms with Gasteiger partial charge in [0, 0.05) is 31.4 Å². The third-order valence-electron chi connectivity index (χ3n) is 4.30. The molecule has 1 fully saturated rings. The van der Waals surface area contributed by atoms with Gasteiger partial charge in [0.05, 0.1) is 24.9 Å². The first-order valence-corrected chi connectivity index (χ1v) is 8.25. The van der Waals surface area contributed by atoms with Crippen molar-refractivity contribution in [2.45, 2.75) is 19.9 Å². The van der Waals surface area contributed by atoms with Gasteiger partial charge in [-0.3, -0.25) is 4.99 Å². The Balaban J connectivity index is 0.00000225. The number of ether oxygens (including phenoxy) is 1. The number of aliphatic imine (C=N–C) groups is 1. The van der Waals surface area contributed by atoms with Crippen molar-refractivity contribution in [3.8, 4) is 5.69 Å². The molecule has 1 atom stereocenters. The van der Waals surface area contributed by atoms with Crippen molar-refractivity contribution in [2.75, 3.05) is 26.8 Å². The zero-order valence-electron chi connectivity index (χ0n) is 14.9. The van der Waals surface area contributed by atoms with Gasteiger partial charge in [-0.25, -0.2) is 4.68 Å². The Morgan fingerprint density at radius 1 is 1.40 bits per heavy atom. The molecule has 1 aromatic heterocycles. The van der Waals surface area contributed by atoms with Crippen LogP contribution in [-0.2, 0) is 4.74 Å². The van der Waals surface area contributed by atoms with E-state index in [1.807, 2.05) is 29.1 Å². The predicted molar refractivity (Wildman–Crippen MR) is 111 cm³/mol. The van der Waals surface area contributed by atoms with E-state index in [-0.39, 0.29) is 35.4 Å². The third kappa shape index (κ3) is 4.94. The summed E-state index contributed by atoms with van der Waals surface area (Å²) in [6.07, 6.45) is 3.73. The Kier molecular flexibility index (Phi) is 6.83. The number of halogens is 1. The highest BCUT2D eigenvalue weighted by Crippen LogP contribution is 2.25. The van der Waals surface area contributed by atoms with Crippen molar-refractivity contribution in [1.82, 2.24) is 20.4 Å². The first kappa shape index (κ1) is 19.7. The van der Waals surface area contributed by atoms with Gasteiger partial charge in [-0.15, -0.1) is 24.0 Å². The van der Waals surface area contributed by atoms with Crippen molar-refractivity contribution < 1.29 is 4.74 Å². The number of guanidine groups is 1. The van der Waals surface area contributed by atoms with Crippen molar-refractivity contribution >= 4 is 29.9 Å². The largest absolute Gasteiger partial charge is 0.380 e. The van der Waals surface area contributed by atoms with E-state index < -0.39 is 0 Å². The Morgan fingerprint density at radius 3 is 2.80 bits per heavy atom. The van der Waals surface area contributed by atoms with Gasteiger partial charge in [-0.2, -0.15) is 5.10 Å².